The second-order valence-corrected chi connectivity index (χ2v) is 17.1. The van der Waals surface area contributed by atoms with Crippen LogP contribution in [0, 0.1) is 13.8 Å². The molecule has 12 rings (SSSR count). The van der Waals surface area contributed by atoms with E-state index in [0.29, 0.717) is 0 Å². The first kappa shape index (κ1) is 34.8. The number of hydrogen-bond acceptors (Lipinski definition) is 2. The second-order valence-electron chi connectivity index (χ2n) is 16.0. The molecule has 2 heteroatoms. The van der Waals surface area contributed by atoms with Gasteiger partial charge < -0.3 is 4.90 Å². The normalized spacial score (nSPS) is 11.8. The smallest absolute Gasteiger partial charge is 0.0540 e. The first-order chi connectivity index (χ1) is 29.6. The van der Waals surface area contributed by atoms with Gasteiger partial charge in [-0.1, -0.05) is 170 Å². The van der Waals surface area contributed by atoms with E-state index < -0.39 is 0 Å². The molecule has 0 saturated heterocycles. The van der Waals surface area contributed by atoms with Gasteiger partial charge in [0.15, 0.2) is 0 Å². The molecule has 0 radical (unpaired) electrons. The van der Waals surface area contributed by atoms with Crippen molar-refractivity contribution in [1.29, 1.82) is 0 Å². The Morgan fingerprint density at radius 3 is 1.20 bits per heavy atom. The predicted octanol–water partition coefficient (Wildman–Crippen LogP) is 17.2. The van der Waals surface area contributed by atoms with Gasteiger partial charge in [-0.2, -0.15) is 0 Å². The van der Waals surface area contributed by atoms with Crippen molar-refractivity contribution >= 4 is 102 Å². The maximum absolute atomic E-state index is 2.51. The van der Waals surface area contributed by atoms with E-state index in [1.165, 1.54) is 119 Å². The van der Waals surface area contributed by atoms with Crippen molar-refractivity contribution in [1.82, 2.24) is 0 Å². The van der Waals surface area contributed by atoms with Gasteiger partial charge in [0.2, 0.25) is 0 Å². The highest BCUT2D eigenvalue weighted by Crippen LogP contribution is 2.51. The number of aryl methyl sites for hydroxylation is 2. The van der Waals surface area contributed by atoms with Gasteiger partial charge in [-0.05, 0) is 115 Å². The Morgan fingerprint density at radius 1 is 0.283 bits per heavy atom. The zero-order chi connectivity index (χ0) is 39.9. The second kappa shape index (κ2) is 13.7. The maximum Gasteiger partial charge on any atom is 0.0540 e. The lowest BCUT2D eigenvalue weighted by Gasteiger charge is -2.30. The van der Waals surface area contributed by atoms with Gasteiger partial charge in [0.25, 0.3) is 0 Å². The Kier molecular flexibility index (Phi) is 7.91. The van der Waals surface area contributed by atoms with Crippen molar-refractivity contribution in [3.05, 3.63) is 211 Å². The monoisotopic (exact) mass is 781 g/mol. The number of fused-ring (bicyclic) bond motifs is 8. The fourth-order valence-electron chi connectivity index (χ4n) is 10.0. The van der Waals surface area contributed by atoms with Crippen molar-refractivity contribution in [3.63, 3.8) is 0 Å². The molecule has 0 N–H and O–H groups in total. The summed E-state index contributed by atoms with van der Waals surface area (Å²) in [4.78, 5) is 2.51. The third-order valence-electron chi connectivity index (χ3n) is 12.7. The summed E-state index contributed by atoms with van der Waals surface area (Å²) in [6.07, 6.45) is 0. The molecule has 282 valence electrons. The molecule has 0 fully saturated rings. The Balaban J connectivity index is 1.16. The largest absolute Gasteiger partial charge is 0.309 e. The summed E-state index contributed by atoms with van der Waals surface area (Å²) in [7, 11) is 0. The minimum atomic E-state index is 1.15. The van der Waals surface area contributed by atoms with E-state index in [-0.39, 0.29) is 0 Å². The molecule has 11 aromatic carbocycles. The SMILES string of the molecule is Cc1ccc(N(c2ccc(C)c3ccccc23)c2ccc(-c3c4ccccc4c(-c4cccc5sc6ccccc6c45)c4ccccc34)c3ccccc23)c2ccccc12. The number of nitrogens with zero attached hydrogens (tertiary/aromatic N) is 1. The molecule has 1 heterocycles. The lowest BCUT2D eigenvalue weighted by molar-refractivity contribution is 1.32. The fourth-order valence-corrected chi connectivity index (χ4v) is 11.2. The van der Waals surface area contributed by atoms with Crippen molar-refractivity contribution in [2.24, 2.45) is 0 Å². The van der Waals surface area contributed by atoms with Gasteiger partial charge in [-0.3, -0.25) is 0 Å². The van der Waals surface area contributed by atoms with Crippen molar-refractivity contribution in [2.75, 3.05) is 4.90 Å². The standard InChI is InChI=1S/C58H39NS/c1-36-30-33-51(41-19-6-3-16-38(36)41)59(52-34-31-37(2)39-17-4-7-20-42(39)52)53-35-32-48(40-18-5-8-21-43(40)53)56-44-22-9-11-24-46(44)57(47-25-12-10-23-45(47)56)50-27-15-29-55-58(50)49-26-13-14-28-54(49)60-55/h3-35H,1-2H3. The predicted molar refractivity (Wildman–Crippen MR) is 262 cm³/mol. The minimum Gasteiger partial charge on any atom is -0.309 e. The molecule has 0 aliphatic rings. The molecule has 12 aromatic rings. The van der Waals surface area contributed by atoms with E-state index in [2.05, 4.69) is 219 Å². The molecule has 0 saturated carbocycles. The molecule has 0 unspecified atom stereocenters. The molecular weight excluding hydrogens is 743 g/mol. The summed E-state index contributed by atoms with van der Waals surface area (Å²) in [6, 6.07) is 74.5. The van der Waals surface area contributed by atoms with Crippen LogP contribution in [0.3, 0.4) is 0 Å². The third-order valence-corrected chi connectivity index (χ3v) is 13.9. The number of thiophene rings is 1. The van der Waals surface area contributed by atoms with Gasteiger partial charge in [0.05, 0.1) is 17.1 Å². The molecule has 0 aliphatic carbocycles. The van der Waals surface area contributed by atoms with Crippen LogP contribution in [-0.2, 0) is 0 Å². The molecule has 60 heavy (non-hydrogen) atoms. The van der Waals surface area contributed by atoms with Crippen molar-refractivity contribution in [2.45, 2.75) is 13.8 Å². The van der Waals surface area contributed by atoms with Gasteiger partial charge in [-0.25, -0.2) is 0 Å². The molecular formula is C58H39NS. The Labute approximate surface area is 353 Å². The van der Waals surface area contributed by atoms with Crippen LogP contribution in [0.2, 0.25) is 0 Å². The van der Waals surface area contributed by atoms with Crippen LogP contribution >= 0.6 is 11.3 Å². The number of hydrogen-bond donors (Lipinski definition) is 0. The average Bonchev–Trinajstić information content (AvgIpc) is 3.69. The van der Waals surface area contributed by atoms with Crippen LogP contribution in [0.15, 0.2) is 200 Å². The zero-order valence-corrected chi connectivity index (χ0v) is 34.2. The van der Waals surface area contributed by atoms with E-state index in [0.717, 1.165) is 5.69 Å². The molecule has 0 amide bonds. The summed E-state index contributed by atoms with van der Waals surface area (Å²) in [5, 5.41) is 15.1. The Morgan fingerprint density at radius 2 is 0.667 bits per heavy atom. The van der Waals surface area contributed by atoms with E-state index in [1.54, 1.807) is 0 Å². The summed E-state index contributed by atoms with van der Waals surface area (Å²) in [5.74, 6) is 0. The summed E-state index contributed by atoms with van der Waals surface area (Å²) >= 11 is 1.88. The van der Waals surface area contributed by atoms with Crippen molar-refractivity contribution < 1.29 is 0 Å². The van der Waals surface area contributed by atoms with Gasteiger partial charge in [0, 0.05) is 36.3 Å². The number of benzene rings is 11. The lowest BCUT2D eigenvalue weighted by atomic mass is 9.83. The molecule has 0 spiro atoms. The molecule has 0 bridgehead atoms. The Hall–Kier alpha value is -7.26. The molecule has 0 aliphatic heterocycles. The highest BCUT2D eigenvalue weighted by Gasteiger charge is 2.24. The summed E-state index contributed by atoms with van der Waals surface area (Å²) in [6.45, 7) is 4.43. The van der Waals surface area contributed by atoms with E-state index in [9.17, 15) is 0 Å². The molecule has 0 atom stereocenters. The molecule has 1 aromatic heterocycles. The van der Waals surface area contributed by atoms with Crippen molar-refractivity contribution in [3.8, 4) is 22.3 Å². The highest BCUT2D eigenvalue weighted by molar-refractivity contribution is 7.26. The van der Waals surface area contributed by atoms with Crippen LogP contribution in [0.1, 0.15) is 11.1 Å². The van der Waals surface area contributed by atoms with E-state index in [4.69, 9.17) is 0 Å². The van der Waals surface area contributed by atoms with Crippen LogP contribution in [0.4, 0.5) is 17.1 Å². The number of rotatable bonds is 5. The quantitative estimate of drug-likeness (QED) is 0.157. The average molecular weight is 782 g/mol. The maximum atomic E-state index is 2.51. The fraction of sp³-hybridized carbons (Fsp3) is 0.0345. The topological polar surface area (TPSA) is 3.24 Å². The van der Waals surface area contributed by atoms with E-state index >= 15 is 0 Å². The third kappa shape index (κ3) is 5.18. The van der Waals surface area contributed by atoms with Crippen LogP contribution in [0.25, 0.3) is 96.3 Å². The summed E-state index contributed by atoms with van der Waals surface area (Å²) in [5.41, 5.74) is 11.1. The van der Waals surface area contributed by atoms with Gasteiger partial charge >= 0.3 is 0 Å². The highest BCUT2D eigenvalue weighted by atomic mass is 32.1. The van der Waals surface area contributed by atoms with Gasteiger partial charge in [-0.15, -0.1) is 11.3 Å². The van der Waals surface area contributed by atoms with Crippen LogP contribution < -0.4 is 4.90 Å². The van der Waals surface area contributed by atoms with Crippen LogP contribution in [0.5, 0.6) is 0 Å². The first-order valence-electron chi connectivity index (χ1n) is 20.8. The van der Waals surface area contributed by atoms with Crippen LogP contribution in [-0.4, -0.2) is 0 Å². The summed E-state index contributed by atoms with van der Waals surface area (Å²) < 4.78 is 2.64. The lowest BCUT2D eigenvalue weighted by Crippen LogP contribution is -2.12. The van der Waals surface area contributed by atoms with Gasteiger partial charge in [0.1, 0.15) is 0 Å². The molecule has 1 nitrogen and oxygen atoms in total. The Bertz CT molecular complexity index is 3560. The van der Waals surface area contributed by atoms with E-state index in [1.807, 2.05) is 11.3 Å². The first-order valence-corrected chi connectivity index (χ1v) is 21.6. The zero-order valence-electron chi connectivity index (χ0n) is 33.4. The number of anilines is 3. The minimum absolute atomic E-state index is 1.15.